The molecule has 0 spiro atoms. The molecule has 0 bridgehead atoms. The van der Waals surface area contributed by atoms with Crippen LogP contribution in [0.15, 0.2) is 18.2 Å². The van der Waals surface area contributed by atoms with Gasteiger partial charge in [-0.3, -0.25) is 0 Å². The first-order chi connectivity index (χ1) is 8.05. The van der Waals surface area contributed by atoms with E-state index in [0.29, 0.717) is 0 Å². The molecular formula is C14H19N3. The molecule has 1 aliphatic rings. The number of benzene rings is 1. The second-order valence-corrected chi connectivity index (χ2v) is 5.82. The van der Waals surface area contributed by atoms with Crippen molar-refractivity contribution in [2.24, 2.45) is 0 Å². The van der Waals surface area contributed by atoms with Crippen molar-refractivity contribution >= 4 is 17.0 Å². The van der Waals surface area contributed by atoms with Gasteiger partial charge in [0, 0.05) is 13.1 Å². The zero-order valence-electron chi connectivity index (χ0n) is 10.7. The molecule has 0 atom stereocenters. The molecule has 3 heteroatoms. The number of imidazole rings is 1. The van der Waals surface area contributed by atoms with Gasteiger partial charge < -0.3 is 9.88 Å². The maximum absolute atomic E-state index is 4.68. The number of aromatic nitrogens is 2. The number of fused-ring (bicyclic) bond motifs is 3. The Morgan fingerprint density at radius 2 is 2.12 bits per heavy atom. The van der Waals surface area contributed by atoms with Crippen LogP contribution in [0.4, 0.5) is 5.95 Å². The molecular weight excluding hydrogens is 210 g/mol. The molecule has 0 saturated heterocycles. The highest BCUT2D eigenvalue weighted by Gasteiger charge is 2.18. The Bertz CT molecular complexity index is 561. The lowest BCUT2D eigenvalue weighted by Gasteiger charge is -2.19. The van der Waals surface area contributed by atoms with Crippen LogP contribution in [-0.2, 0) is 12.0 Å². The largest absolute Gasteiger partial charge is 0.356 e. The highest BCUT2D eigenvalue weighted by molar-refractivity contribution is 5.80. The fourth-order valence-corrected chi connectivity index (χ4v) is 2.39. The van der Waals surface area contributed by atoms with E-state index in [2.05, 4.69) is 53.8 Å². The van der Waals surface area contributed by atoms with E-state index >= 15 is 0 Å². The smallest absolute Gasteiger partial charge is 0.203 e. The van der Waals surface area contributed by atoms with Crippen LogP contribution in [-0.4, -0.2) is 16.1 Å². The van der Waals surface area contributed by atoms with Crippen LogP contribution in [0.1, 0.15) is 32.8 Å². The molecule has 2 heterocycles. The SMILES string of the molecule is CC(C)(C)c1ccc2c(c1)nc1n2CCCN1. The van der Waals surface area contributed by atoms with Crippen molar-refractivity contribution in [3.63, 3.8) is 0 Å². The summed E-state index contributed by atoms with van der Waals surface area (Å²) >= 11 is 0. The lowest BCUT2D eigenvalue weighted by molar-refractivity contribution is 0.591. The van der Waals surface area contributed by atoms with Crippen molar-refractivity contribution in [1.82, 2.24) is 9.55 Å². The first kappa shape index (κ1) is 10.6. The normalized spacial score (nSPS) is 15.7. The third-order valence-corrected chi connectivity index (χ3v) is 3.46. The van der Waals surface area contributed by atoms with Gasteiger partial charge in [-0.05, 0) is 29.5 Å². The number of nitrogens with zero attached hydrogens (tertiary/aromatic N) is 2. The topological polar surface area (TPSA) is 29.9 Å². The summed E-state index contributed by atoms with van der Waals surface area (Å²) in [4.78, 5) is 4.68. The highest BCUT2D eigenvalue weighted by atomic mass is 15.2. The maximum atomic E-state index is 4.68. The van der Waals surface area contributed by atoms with E-state index in [1.54, 1.807) is 0 Å². The minimum Gasteiger partial charge on any atom is -0.356 e. The number of hydrogen-bond acceptors (Lipinski definition) is 2. The Kier molecular flexibility index (Phi) is 2.18. The van der Waals surface area contributed by atoms with Gasteiger partial charge in [0.15, 0.2) is 0 Å². The molecule has 3 rings (SSSR count). The first-order valence-corrected chi connectivity index (χ1v) is 6.30. The Hall–Kier alpha value is -1.51. The Labute approximate surface area is 102 Å². The van der Waals surface area contributed by atoms with Crippen LogP contribution in [0, 0.1) is 0 Å². The molecule has 0 aliphatic carbocycles. The average molecular weight is 229 g/mol. The molecule has 1 aliphatic heterocycles. The van der Waals surface area contributed by atoms with Crippen molar-refractivity contribution < 1.29 is 0 Å². The quantitative estimate of drug-likeness (QED) is 0.752. The molecule has 2 aromatic rings. The molecule has 1 aromatic carbocycles. The summed E-state index contributed by atoms with van der Waals surface area (Å²) in [5.74, 6) is 1.03. The van der Waals surface area contributed by atoms with Crippen LogP contribution in [0.5, 0.6) is 0 Å². The van der Waals surface area contributed by atoms with Crippen molar-refractivity contribution in [3.05, 3.63) is 23.8 Å². The summed E-state index contributed by atoms with van der Waals surface area (Å²) < 4.78 is 2.28. The number of rotatable bonds is 0. The van der Waals surface area contributed by atoms with Gasteiger partial charge >= 0.3 is 0 Å². The van der Waals surface area contributed by atoms with Crippen LogP contribution in [0.25, 0.3) is 11.0 Å². The monoisotopic (exact) mass is 229 g/mol. The summed E-state index contributed by atoms with van der Waals surface area (Å²) in [6.45, 7) is 8.83. The van der Waals surface area contributed by atoms with E-state index in [1.165, 1.54) is 17.5 Å². The van der Waals surface area contributed by atoms with Gasteiger partial charge in [0.05, 0.1) is 11.0 Å². The predicted octanol–water partition coefficient (Wildman–Crippen LogP) is 3.15. The van der Waals surface area contributed by atoms with Crippen LogP contribution in [0.2, 0.25) is 0 Å². The fourth-order valence-electron chi connectivity index (χ4n) is 2.39. The van der Waals surface area contributed by atoms with Gasteiger partial charge in [-0.15, -0.1) is 0 Å². The minimum atomic E-state index is 0.186. The second kappa shape index (κ2) is 3.49. The lowest BCUT2D eigenvalue weighted by Crippen LogP contribution is -2.16. The summed E-state index contributed by atoms with van der Waals surface area (Å²) in [6, 6.07) is 6.66. The van der Waals surface area contributed by atoms with E-state index < -0.39 is 0 Å². The molecule has 0 radical (unpaired) electrons. The standard InChI is InChI=1S/C14H19N3/c1-14(2,3)10-5-6-12-11(9-10)16-13-15-7-4-8-17(12)13/h5-6,9H,4,7-8H2,1-3H3,(H,15,16). The zero-order valence-corrected chi connectivity index (χ0v) is 10.7. The van der Waals surface area contributed by atoms with Crippen molar-refractivity contribution in [2.45, 2.75) is 39.2 Å². The molecule has 17 heavy (non-hydrogen) atoms. The van der Waals surface area contributed by atoms with Gasteiger partial charge in [0.1, 0.15) is 0 Å². The summed E-state index contributed by atoms with van der Waals surface area (Å²) in [5, 5.41) is 3.36. The predicted molar refractivity (Wildman–Crippen MR) is 71.5 cm³/mol. The van der Waals surface area contributed by atoms with Gasteiger partial charge in [0.25, 0.3) is 0 Å². The van der Waals surface area contributed by atoms with Gasteiger partial charge in [0.2, 0.25) is 5.95 Å². The van der Waals surface area contributed by atoms with Gasteiger partial charge in [-0.1, -0.05) is 26.8 Å². The molecule has 3 nitrogen and oxygen atoms in total. The number of anilines is 1. The van der Waals surface area contributed by atoms with Crippen molar-refractivity contribution in [3.8, 4) is 0 Å². The first-order valence-electron chi connectivity index (χ1n) is 6.30. The highest BCUT2D eigenvalue weighted by Crippen LogP contribution is 2.28. The van der Waals surface area contributed by atoms with Gasteiger partial charge in [-0.25, -0.2) is 4.98 Å². The van der Waals surface area contributed by atoms with E-state index in [4.69, 9.17) is 0 Å². The minimum absolute atomic E-state index is 0.186. The summed E-state index contributed by atoms with van der Waals surface area (Å²) in [6.07, 6.45) is 1.18. The average Bonchev–Trinajstić information content (AvgIpc) is 2.65. The van der Waals surface area contributed by atoms with E-state index in [-0.39, 0.29) is 5.41 Å². The summed E-state index contributed by atoms with van der Waals surface area (Å²) in [7, 11) is 0. The molecule has 0 amide bonds. The molecule has 0 fully saturated rings. The Balaban J connectivity index is 2.18. The van der Waals surface area contributed by atoms with Gasteiger partial charge in [-0.2, -0.15) is 0 Å². The lowest BCUT2D eigenvalue weighted by atomic mass is 9.87. The van der Waals surface area contributed by atoms with E-state index in [9.17, 15) is 0 Å². The Morgan fingerprint density at radius 3 is 2.88 bits per heavy atom. The number of hydrogen-bond donors (Lipinski definition) is 1. The number of aryl methyl sites for hydroxylation is 1. The van der Waals surface area contributed by atoms with E-state index in [1.807, 2.05) is 0 Å². The van der Waals surface area contributed by atoms with E-state index in [0.717, 1.165) is 24.6 Å². The van der Waals surface area contributed by atoms with Crippen molar-refractivity contribution in [1.29, 1.82) is 0 Å². The maximum Gasteiger partial charge on any atom is 0.203 e. The molecule has 0 saturated carbocycles. The fraction of sp³-hybridized carbons (Fsp3) is 0.500. The van der Waals surface area contributed by atoms with Crippen LogP contribution in [0.3, 0.4) is 0 Å². The second-order valence-electron chi connectivity index (χ2n) is 5.82. The molecule has 1 aromatic heterocycles. The third-order valence-electron chi connectivity index (χ3n) is 3.46. The van der Waals surface area contributed by atoms with Crippen LogP contribution < -0.4 is 5.32 Å². The Morgan fingerprint density at radius 1 is 1.29 bits per heavy atom. The summed E-state index contributed by atoms with van der Waals surface area (Å²) in [5.41, 5.74) is 3.90. The number of nitrogens with one attached hydrogen (secondary N) is 1. The molecule has 1 N–H and O–H groups in total. The van der Waals surface area contributed by atoms with Crippen molar-refractivity contribution in [2.75, 3.05) is 11.9 Å². The molecule has 90 valence electrons. The third kappa shape index (κ3) is 1.70. The zero-order chi connectivity index (χ0) is 12.0. The van der Waals surface area contributed by atoms with Crippen LogP contribution >= 0.6 is 0 Å². The molecule has 0 unspecified atom stereocenters.